The average molecular weight is 177 g/mol. The van der Waals surface area contributed by atoms with Crippen molar-refractivity contribution in [3.8, 4) is 0 Å². The van der Waals surface area contributed by atoms with E-state index in [4.69, 9.17) is 0 Å². The van der Waals surface area contributed by atoms with Crippen molar-refractivity contribution in [3.63, 3.8) is 0 Å². The van der Waals surface area contributed by atoms with E-state index in [0.29, 0.717) is 0 Å². The second-order valence-corrected chi connectivity index (χ2v) is 3.81. The van der Waals surface area contributed by atoms with Crippen molar-refractivity contribution in [2.75, 3.05) is 0 Å². The van der Waals surface area contributed by atoms with Gasteiger partial charge in [0.2, 0.25) is 0 Å². The topological polar surface area (TPSA) is 0 Å². The molecule has 0 heterocycles. The minimum atomic E-state index is 1.14. The molecule has 0 spiro atoms. The molecule has 0 bridgehead atoms. The molecule has 0 amide bonds. The van der Waals surface area contributed by atoms with Crippen molar-refractivity contribution in [3.05, 3.63) is 24.3 Å². The monoisotopic (exact) mass is 177 g/mol. The third-order valence-corrected chi connectivity index (χ3v) is 2.54. The first-order valence-electron chi connectivity index (χ1n) is 5.72. The Bertz CT molecular complexity index is 135. The van der Waals surface area contributed by atoms with Crippen LogP contribution in [0.2, 0.25) is 0 Å². The average Bonchev–Trinajstić information content (AvgIpc) is 2.18. The molecule has 13 heavy (non-hydrogen) atoms. The molecular weight excluding hydrogens is 156 g/mol. The van der Waals surface area contributed by atoms with E-state index >= 15 is 0 Å². The highest BCUT2D eigenvalue weighted by molar-refractivity contribution is 4.98. The molecule has 0 atom stereocenters. The fourth-order valence-electron chi connectivity index (χ4n) is 1.69. The van der Waals surface area contributed by atoms with Crippen LogP contribution in [0.4, 0.5) is 0 Å². The maximum atomic E-state index is 3.31. The van der Waals surface area contributed by atoms with Gasteiger partial charge in [0.15, 0.2) is 0 Å². The summed E-state index contributed by atoms with van der Waals surface area (Å²) in [4.78, 5) is 0. The molecule has 73 valence electrons. The van der Waals surface area contributed by atoms with Gasteiger partial charge < -0.3 is 0 Å². The SMILES string of the molecule is [C]1=C/C=C\CCCCCCCCC/1. The Balaban J connectivity index is 2.18. The summed E-state index contributed by atoms with van der Waals surface area (Å²) in [7, 11) is 0. The lowest BCUT2D eigenvalue weighted by atomic mass is 10.1. The van der Waals surface area contributed by atoms with E-state index in [2.05, 4.69) is 24.3 Å². The highest BCUT2D eigenvalue weighted by Crippen LogP contribution is 2.10. The molecule has 1 rings (SSSR count). The van der Waals surface area contributed by atoms with Gasteiger partial charge in [-0.1, -0.05) is 50.3 Å². The minimum absolute atomic E-state index is 1.14. The Kier molecular flexibility index (Phi) is 6.58. The van der Waals surface area contributed by atoms with Gasteiger partial charge in [-0.3, -0.25) is 0 Å². The third-order valence-electron chi connectivity index (χ3n) is 2.54. The largest absolute Gasteiger partial charge is 0.0845 e. The van der Waals surface area contributed by atoms with Gasteiger partial charge in [0.25, 0.3) is 0 Å². The molecule has 0 aromatic rings. The molecule has 0 aromatic carbocycles. The third kappa shape index (κ3) is 6.62. The van der Waals surface area contributed by atoms with E-state index in [1.54, 1.807) is 0 Å². The van der Waals surface area contributed by atoms with Crippen LogP contribution in [0.5, 0.6) is 0 Å². The van der Waals surface area contributed by atoms with Crippen LogP contribution in [0, 0.1) is 6.08 Å². The minimum Gasteiger partial charge on any atom is -0.0845 e. The Morgan fingerprint density at radius 1 is 0.769 bits per heavy atom. The van der Waals surface area contributed by atoms with Crippen molar-refractivity contribution in [1.29, 1.82) is 0 Å². The van der Waals surface area contributed by atoms with E-state index in [1.165, 1.54) is 51.4 Å². The first-order valence-corrected chi connectivity index (χ1v) is 5.72. The van der Waals surface area contributed by atoms with Gasteiger partial charge in [0.05, 0.1) is 0 Å². The van der Waals surface area contributed by atoms with Crippen LogP contribution in [-0.4, -0.2) is 0 Å². The molecule has 0 nitrogen and oxygen atoms in total. The van der Waals surface area contributed by atoms with E-state index in [1.807, 2.05) is 0 Å². The highest BCUT2D eigenvalue weighted by atomic mass is 14.0. The van der Waals surface area contributed by atoms with Gasteiger partial charge in [-0.25, -0.2) is 0 Å². The van der Waals surface area contributed by atoms with E-state index in [-0.39, 0.29) is 0 Å². The van der Waals surface area contributed by atoms with Crippen molar-refractivity contribution in [2.24, 2.45) is 0 Å². The Hall–Kier alpha value is -0.520. The molecule has 0 fully saturated rings. The fraction of sp³-hybridized carbons (Fsp3) is 0.692. The summed E-state index contributed by atoms with van der Waals surface area (Å²) >= 11 is 0. The lowest BCUT2D eigenvalue weighted by molar-refractivity contribution is 0.583. The summed E-state index contributed by atoms with van der Waals surface area (Å²) < 4.78 is 0. The Morgan fingerprint density at radius 3 is 2.31 bits per heavy atom. The van der Waals surface area contributed by atoms with Crippen LogP contribution in [0.3, 0.4) is 0 Å². The van der Waals surface area contributed by atoms with Gasteiger partial charge in [-0.15, -0.1) is 0 Å². The normalized spacial score (nSPS) is 26.5. The van der Waals surface area contributed by atoms with Crippen LogP contribution in [-0.2, 0) is 0 Å². The molecule has 0 aromatic heterocycles. The number of hydrogen-bond acceptors (Lipinski definition) is 0. The van der Waals surface area contributed by atoms with E-state index in [0.717, 1.165) is 6.42 Å². The predicted octanol–water partition coefficient (Wildman–Crippen LogP) is 4.43. The van der Waals surface area contributed by atoms with Crippen LogP contribution in [0.15, 0.2) is 18.2 Å². The molecular formula is C13H21. The number of rotatable bonds is 0. The maximum absolute atomic E-state index is 3.31. The van der Waals surface area contributed by atoms with Crippen LogP contribution in [0.1, 0.15) is 57.8 Å². The lowest BCUT2D eigenvalue weighted by Crippen LogP contribution is -1.79. The molecule has 0 heteroatoms. The van der Waals surface area contributed by atoms with Crippen LogP contribution >= 0.6 is 0 Å². The predicted molar refractivity (Wildman–Crippen MR) is 58.5 cm³/mol. The van der Waals surface area contributed by atoms with Gasteiger partial charge in [0, 0.05) is 0 Å². The van der Waals surface area contributed by atoms with Gasteiger partial charge in [-0.2, -0.15) is 0 Å². The zero-order chi connectivity index (χ0) is 9.19. The molecule has 0 N–H and O–H groups in total. The second kappa shape index (κ2) is 8.10. The number of hydrogen-bond donors (Lipinski definition) is 0. The first-order chi connectivity index (χ1) is 6.50. The van der Waals surface area contributed by atoms with Crippen molar-refractivity contribution in [2.45, 2.75) is 57.8 Å². The van der Waals surface area contributed by atoms with Crippen LogP contribution < -0.4 is 0 Å². The smallest absolute Gasteiger partial charge is 0.0276 e. The van der Waals surface area contributed by atoms with Gasteiger partial charge in [-0.05, 0) is 31.8 Å². The van der Waals surface area contributed by atoms with E-state index < -0.39 is 0 Å². The van der Waals surface area contributed by atoms with Crippen molar-refractivity contribution >= 4 is 0 Å². The molecule has 1 radical (unpaired) electrons. The highest BCUT2D eigenvalue weighted by Gasteiger charge is 1.91. The van der Waals surface area contributed by atoms with Gasteiger partial charge >= 0.3 is 0 Å². The Labute approximate surface area is 82.7 Å². The van der Waals surface area contributed by atoms with Gasteiger partial charge in [0.1, 0.15) is 0 Å². The number of allylic oxidation sites excluding steroid dienone is 4. The summed E-state index contributed by atoms with van der Waals surface area (Å²) in [6.07, 6.45) is 22.0. The standard InChI is InChI=1S/C13H21/c1-2-4-6-8-10-12-13-11-9-7-5-3-1/h1-3H,4,6-13H2/b2-1-,5-3?. The summed E-state index contributed by atoms with van der Waals surface area (Å²) in [5.41, 5.74) is 0. The fourth-order valence-corrected chi connectivity index (χ4v) is 1.69. The Morgan fingerprint density at radius 2 is 1.46 bits per heavy atom. The molecule has 0 aliphatic heterocycles. The zero-order valence-corrected chi connectivity index (χ0v) is 8.60. The molecule has 0 saturated carbocycles. The maximum Gasteiger partial charge on any atom is -0.0276 e. The molecule has 1 aliphatic carbocycles. The van der Waals surface area contributed by atoms with Crippen molar-refractivity contribution < 1.29 is 0 Å². The lowest BCUT2D eigenvalue weighted by Gasteiger charge is -1.99. The summed E-state index contributed by atoms with van der Waals surface area (Å²) in [6.45, 7) is 0. The summed E-state index contributed by atoms with van der Waals surface area (Å²) in [6, 6.07) is 0. The molecule has 0 unspecified atom stereocenters. The van der Waals surface area contributed by atoms with Crippen molar-refractivity contribution in [1.82, 2.24) is 0 Å². The zero-order valence-electron chi connectivity index (χ0n) is 8.60. The second-order valence-electron chi connectivity index (χ2n) is 3.81. The summed E-state index contributed by atoms with van der Waals surface area (Å²) in [5, 5.41) is 0. The van der Waals surface area contributed by atoms with Crippen LogP contribution in [0.25, 0.3) is 0 Å². The van der Waals surface area contributed by atoms with E-state index in [9.17, 15) is 0 Å². The quantitative estimate of drug-likeness (QED) is 0.513. The molecule has 0 saturated heterocycles. The first kappa shape index (κ1) is 10.6. The molecule has 1 aliphatic rings. The summed E-state index contributed by atoms with van der Waals surface area (Å²) in [5.74, 6) is 0.